The molecule has 0 unspecified atom stereocenters. The summed E-state index contributed by atoms with van der Waals surface area (Å²) in [4.78, 5) is 25.3. The highest BCUT2D eigenvalue weighted by atomic mass is 16.5. The molecular weight excluding hydrogens is 324 g/mol. The fraction of sp³-hybridized carbons (Fsp3) is 0.278. The van der Waals surface area contributed by atoms with Crippen LogP contribution in [0.25, 0.3) is 6.08 Å². The van der Waals surface area contributed by atoms with Crippen molar-refractivity contribution in [2.75, 3.05) is 27.9 Å². The summed E-state index contributed by atoms with van der Waals surface area (Å²) in [5.41, 5.74) is 0.359. The number of imide groups is 1. The Balaban J connectivity index is 2.42. The van der Waals surface area contributed by atoms with Crippen LogP contribution in [0.5, 0.6) is 17.2 Å². The molecule has 0 fully saturated rings. The van der Waals surface area contributed by atoms with Gasteiger partial charge >= 0.3 is 0 Å². The lowest BCUT2D eigenvalue weighted by Gasteiger charge is -2.21. The van der Waals surface area contributed by atoms with E-state index in [0.717, 1.165) is 4.90 Å². The summed E-state index contributed by atoms with van der Waals surface area (Å²) < 4.78 is 15.7. The van der Waals surface area contributed by atoms with Crippen LogP contribution in [0.2, 0.25) is 0 Å². The van der Waals surface area contributed by atoms with E-state index in [1.54, 1.807) is 18.2 Å². The second-order valence-corrected chi connectivity index (χ2v) is 5.11. The van der Waals surface area contributed by atoms with E-state index in [1.807, 2.05) is 6.07 Å². The Morgan fingerprint density at radius 2 is 1.84 bits per heavy atom. The van der Waals surface area contributed by atoms with Gasteiger partial charge < -0.3 is 14.2 Å². The number of ether oxygens (including phenoxy) is 3. The maximum atomic E-state index is 12.5. The van der Waals surface area contributed by atoms with E-state index in [2.05, 4.69) is 0 Å². The van der Waals surface area contributed by atoms with Crippen molar-refractivity contribution in [2.45, 2.75) is 6.42 Å². The zero-order chi connectivity index (χ0) is 18.4. The van der Waals surface area contributed by atoms with Gasteiger partial charge in [-0.25, -0.2) is 0 Å². The van der Waals surface area contributed by atoms with Gasteiger partial charge in [0.1, 0.15) is 11.6 Å². The van der Waals surface area contributed by atoms with Crippen molar-refractivity contribution in [3.8, 4) is 23.3 Å². The minimum Gasteiger partial charge on any atom is -0.493 e. The van der Waals surface area contributed by atoms with E-state index < -0.39 is 11.8 Å². The van der Waals surface area contributed by atoms with Crippen LogP contribution in [0.1, 0.15) is 12.0 Å². The number of carbonyl (C=O) groups is 2. The van der Waals surface area contributed by atoms with Crippen molar-refractivity contribution in [3.63, 3.8) is 0 Å². The molecule has 7 heteroatoms. The first-order chi connectivity index (χ1) is 12.0. The second-order valence-electron chi connectivity index (χ2n) is 5.11. The van der Waals surface area contributed by atoms with Crippen LogP contribution in [-0.4, -0.2) is 44.6 Å². The van der Waals surface area contributed by atoms with Crippen LogP contribution >= 0.6 is 0 Å². The number of amides is 2. The zero-order valence-corrected chi connectivity index (χ0v) is 14.2. The van der Waals surface area contributed by atoms with Crippen LogP contribution in [0.3, 0.4) is 0 Å². The van der Waals surface area contributed by atoms with Crippen molar-refractivity contribution < 1.29 is 23.8 Å². The molecule has 2 amide bonds. The average Bonchev–Trinajstić information content (AvgIpc) is 2.64. The van der Waals surface area contributed by atoms with Gasteiger partial charge in [0.05, 0.1) is 21.3 Å². The normalized spacial score (nSPS) is 14.1. The minimum atomic E-state index is -0.634. The lowest BCUT2D eigenvalue weighted by Crippen LogP contribution is -2.38. The number of methoxy groups -OCH3 is 3. The van der Waals surface area contributed by atoms with Gasteiger partial charge in [-0.05, 0) is 36.3 Å². The third kappa shape index (κ3) is 3.80. The molecule has 0 bridgehead atoms. The Labute approximate surface area is 145 Å². The van der Waals surface area contributed by atoms with Gasteiger partial charge in [-0.1, -0.05) is 6.08 Å². The maximum Gasteiger partial charge on any atom is 0.271 e. The molecule has 0 atom stereocenters. The predicted octanol–water partition coefficient (Wildman–Crippen LogP) is 1.93. The summed E-state index contributed by atoms with van der Waals surface area (Å²) in [5.74, 6) is 0.140. The highest BCUT2D eigenvalue weighted by molar-refractivity contribution is 6.11. The molecule has 1 aliphatic rings. The standard InChI is InChI=1S/C18H18N2O5/c1-23-14-9-12(10-15(24-2)17(14)25-3)8-13(11-19)18(22)20-7-5-4-6-16(20)21/h4,6,8-10H,5,7H2,1-3H3. The minimum absolute atomic E-state index is 0.155. The van der Waals surface area contributed by atoms with Crippen molar-refractivity contribution >= 4 is 17.9 Å². The molecule has 0 aromatic heterocycles. The topological polar surface area (TPSA) is 88.9 Å². The Hall–Kier alpha value is -3.27. The van der Waals surface area contributed by atoms with Gasteiger partial charge in [-0.15, -0.1) is 0 Å². The second kappa shape index (κ2) is 8.02. The van der Waals surface area contributed by atoms with E-state index in [-0.39, 0.29) is 12.1 Å². The molecule has 0 spiro atoms. The number of carbonyl (C=O) groups excluding carboxylic acids is 2. The number of nitrogens with zero attached hydrogens (tertiary/aromatic N) is 2. The van der Waals surface area contributed by atoms with E-state index in [1.165, 1.54) is 33.5 Å². The van der Waals surface area contributed by atoms with Gasteiger partial charge in [-0.3, -0.25) is 14.5 Å². The molecule has 130 valence electrons. The smallest absolute Gasteiger partial charge is 0.271 e. The number of hydrogen-bond acceptors (Lipinski definition) is 6. The fourth-order valence-electron chi connectivity index (χ4n) is 2.43. The highest BCUT2D eigenvalue weighted by Crippen LogP contribution is 2.38. The lowest BCUT2D eigenvalue weighted by atomic mass is 10.1. The summed E-state index contributed by atoms with van der Waals surface area (Å²) in [6, 6.07) is 5.08. The lowest BCUT2D eigenvalue weighted by molar-refractivity contribution is -0.139. The summed E-state index contributed by atoms with van der Waals surface area (Å²) >= 11 is 0. The quantitative estimate of drug-likeness (QED) is 0.600. The predicted molar refractivity (Wildman–Crippen MR) is 90.2 cm³/mol. The Morgan fingerprint density at radius 1 is 1.20 bits per heavy atom. The third-order valence-corrected chi connectivity index (χ3v) is 3.64. The van der Waals surface area contributed by atoms with Gasteiger partial charge in [0, 0.05) is 6.54 Å². The van der Waals surface area contributed by atoms with Crippen LogP contribution in [0, 0.1) is 11.3 Å². The third-order valence-electron chi connectivity index (χ3n) is 3.64. The van der Waals surface area contributed by atoms with E-state index in [4.69, 9.17) is 14.2 Å². The summed E-state index contributed by atoms with van der Waals surface area (Å²) in [6.07, 6.45) is 4.98. The number of nitriles is 1. The fourth-order valence-corrected chi connectivity index (χ4v) is 2.43. The van der Waals surface area contributed by atoms with Crippen LogP contribution in [-0.2, 0) is 9.59 Å². The summed E-state index contributed by atoms with van der Waals surface area (Å²) in [6.45, 7) is 0.252. The molecule has 25 heavy (non-hydrogen) atoms. The van der Waals surface area contributed by atoms with Gasteiger partial charge in [0.25, 0.3) is 11.8 Å². The molecule has 1 heterocycles. The number of hydrogen-bond donors (Lipinski definition) is 0. The molecule has 1 aromatic rings. The highest BCUT2D eigenvalue weighted by Gasteiger charge is 2.24. The van der Waals surface area contributed by atoms with Gasteiger partial charge in [-0.2, -0.15) is 5.26 Å². The van der Waals surface area contributed by atoms with E-state index >= 15 is 0 Å². The SMILES string of the molecule is COc1cc(C=C(C#N)C(=O)N2CCC=CC2=O)cc(OC)c1OC. The molecule has 0 saturated carbocycles. The summed E-state index contributed by atoms with van der Waals surface area (Å²) in [7, 11) is 4.43. The molecule has 2 rings (SSSR count). The van der Waals surface area contributed by atoms with Crippen molar-refractivity contribution in [1.82, 2.24) is 4.90 Å². The molecule has 1 aliphatic heterocycles. The van der Waals surface area contributed by atoms with Crippen molar-refractivity contribution in [3.05, 3.63) is 35.4 Å². The van der Waals surface area contributed by atoms with Crippen LogP contribution in [0.15, 0.2) is 29.9 Å². The first-order valence-corrected chi connectivity index (χ1v) is 7.49. The van der Waals surface area contributed by atoms with Gasteiger partial charge in [0.2, 0.25) is 5.75 Å². The molecule has 7 nitrogen and oxygen atoms in total. The monoisotopic (exact) mass is 342 g/mol. The molecule has 0 aliphatic carbocycles. The number of benzene rings is 1. The first-order valence-electron chi connectivity index (χ1n) is 7.49. The Kier molecular flexibility index (Phi) is 5.79. The molecular formula is C18H18N2O5. The van der Waals surface area contributed by atoms with E-state index in [9.17, 15) is 14.9 Å². The van der Waals surface area contributed by atoms with E-state index in [0.29, 0.717) is 29.2 Å². The van der Waals surface area contributed by atoms with Crippen molar-refractivity contribution in [2.24, 2.45) is 0 Å². The molecule has 0 saturated heterocycles. The average molecular weight is 342 g/mol. The van der Waals surface area contributed by atoms with Crippen LogP contribution in [0.4, 0.5) is 0 Å². The maximum absolute atomic E-state index is 12.5. The first kappa shape index (κ1) is 18.1. The Morgan fingerprint density at radius 3 is 2.32 bits per heavy atom. The molecule has 0 radical (unpaired) electrons. The number of rotatable bonds is 5. The van der Waals surface area contributed by atoms with Gasteiger partial charge in [0.15, 0.2) is 11.5 Å². The van der Waals surface area contributed by atoms with Crippen molar-refractivity contribution in [1.29, 1.82) is 5.26 Å². The Bertz CT molecular complexity index is 764. The van der Waals surface area contributed by atoms with Crippen LogP contribution < -0.4 is 14.2 Å². The zero-order valence-electron chi connectivity index (χ0n) is 14.2. The molecule has 1 aromatic carbocycles. The molecule has 0 N–H and O–H groups in total. The summed E-state index contributed by atoms with van der Waals surface area (Å²) in [5, 5.41) is 9.35. The largest absolute Gasteiger partial charge is 0.493 e.